The maximum Gasteiger partial charge on any atom is -0.0272 e. The number of hydrogen-bond donors (Lipinski definition) is 0. The van der Waals surface area contributed by atoms with E-state index in [9.17, 15) is 0 Å². The zero-order valence-corrected chi connectivity index (χ0v) is 15.9. The van der Waals surface area contributed by atoms with Gasteiger partial charge in [-0.05, 0) is 41.9 Å². The quantitative estimate of drug-likeness (QED) is 0.404. The summed E-state index contributed by atoms with van der Waals surface area (Å²) < 4.78 is 0. The van der Waals surface area contributed by atoms with Gasteiger partial charge in [-0.1, -0.05) is 92.9 Å². The smallest absolute Gasteiger partial charge is 0.0272 e. The van der Waals surface area contributed by atoms with Crippen LogP contribution in [0.4, 0.5) is 0 Å². The minimum Gasteiger partial charge on any atom is -0.0654 e. The second kappa shape index (κ2) is 8.59. The van der Waals surface area contributed by atoms with Gasteiger partial charge in [0.05, 0.1) is 0 Å². The predicted molar refractivity (Wildman–Crippen MR) is 96.7 cm³/mol. The van der Waals surface area contributed by atoms with Gasteiger partial charge in [-0.15, -0.1) is 0 Å². The zero-order valence-electron chi connectivity index (χ0n) is 15.9. The molecule has 0 aromatic rings. The molecular formula is C21H42. The average molecular weight is 295 g/mol. The fourth-order valence-corrected chi connectivity index (χ4v) is 4.72. The SMILES string of the molecule is CCCCC(CCC)C(C)(C)C(C)(C)C1CCCCCC1. The van der Waals surface area contributed by atoms with Crippen LogP contribution in [-0.4, -0.2) is 0 Å². The van der Waals surface area contributed by atoms with Crippen LogP contribution in [0.1, 0.15) is 112 Å². The Kier molecular flexibility index (Phi) is 7.79. The molecule has 0 nitrogen and oxygen atoms in total. The molecule has 1 fully saturated rings. The Balaban J connectivity index is 2.87. The maximum atomic E-state index is 2.59. The van der Waals surface area contributed by atoms with Gasteiger partial charge in [-0.2, -0.15) is 0 Å². The van der Waals surface area contributed by atoms with E-state index in [0.717, 1.165) is 11.8 Å². The molecule has 1 aliphatic rings. The van der Waals surface area contributed by atoms with E-state index < -0.39 is 0 Å². The van der Waals surface area contributed by atoms with Crippen LogP contribution >= 0.6 is 0 Å². The summed E-state index contributed by atoms with van der Waals surface area (Å²) in [6.07, 6.45) is 15.8. The highest BCUT2D eigenvalue weighted by molar-refractivity contribution is 4.95. The average Bonchev–Trinajstić information content (AvgIpc) is 2.72. The van der Waals surface area contributed by atoms with Crippen molar-refractivity contribution in [3.63, 3.8) is 0 Å². The van der Waals surface area contributed by atoms with E-state index in [1.165, 1.54) is 70.6 Å². The lowest BCUT2D eigenvalue weighted by atomic mass is 9.53. The summed E-state index contributed by atoms with van der Waals surface area (Å²) >= 11 is 0. The first kappa shape index (κ1) is 19.0. The molecular weight excluding hydrogens is 252 g/mol. The molecule has 1 unspecified atom stereocenters. The number of unbranched alkanes of at least 4 members (excludes halogenated alkanes) is 1. The Morgan fingerprint density at radius 3 is 1.86 bits per heavy atom. The fraction of sp³-hybridized carbons (Fsp3) is 1.00. The second-order valence-electron chi connectivity index (χ2n) is 8.76. The molecule has 126 valence electrons. The molecule has 1 rings (SSSR count). The van der Waals surface area contributed by atoms with Crippen molar-refractivity contribution in [1.29, 1.82) is 0 Å². The van der Waals surface area contributed by atoms with Crippen molar-refractivity contribution in [2.45, 2.75) is 112 Å². The third kappa shape index (κ3) is 4.73. The molecule has 0 aromatic heterocycles. The first-order valence-electron chi connectivity index (χ1n) is 9.87. The Morgan fingerprint density at radius 2 is 1.38 bits per heavy atom. The molecule has 0 spiro atoms. The van der Waals surface area contributed by atoms with Crippen LogP contribution in [0.25, 0.3) is 0 Å². The molecule has 1 atom stereocenters. The molecule has 21 heavy (non-hydrogen) atoms. The van der Waals surface area contributed by atoms with Crippen LogP contribution in [0.15, 0.2) is 0 Å². The predicted octanol–water partition coefficient (Wildman–Crippen LogP) is 7.62. The van der Waals surface area contributed by atoms with Crippen LogP contribution in [0, 0.1) is 22.7 Å². The van der Waals surface area contributed by atoms with Crippen molar-refractivity contribution in [1.82, 2.24) is 0 Å². The summed E-state index contributed by atoms with van der Waals surface area (Å²) in [7, 11) is 0. The van der Waals surface area contributed by atoms with Crippen LogP contribution < -0.4 is 0 Å². The maximum absolute atomic E-state index is 2.59. The number of hydrogen-bond acceptors (Lipinski definition) is 0. The van der Waals surface area contributed by atoms with Gasteiger partial charge < -0.3 is 0 Å². The molecule has 0 aliphatic heterocycles. The molecule has 0 bridgehead atoms. The van der Waals surface area contributed by atoms with Crippen LogP contribution in [0.2, 0.25) is 0 Å². The number of rotatable bonds is 8. The van der Waals surface area contributed by atoms with E-state index in [0.29, 0.717) is 10.8 Å². The zero-order chi connectivity index (χ0) is 15.9. The van der Waals surface area contributed by atoms with Gasteiger partial charge in [0.2, 0.25) is 0 Å². The lowest BCUT2D eigenvalue weighted by Crippen LogP contribution is -2.44. The first-order valence-corrected chi connectivity index (χ1v) is 9.87. The Morgan fingerprint density at radius 1 is 0.810 bits per heavy atom. The molecule has 1 saturated carbocycles. The third-order valence-electron chi connectivity index (χ3n) is 7.10. The minimum absolute atomic E-state index is 0.465. The highest BCUT2D eigenvalue weighted by Gasteiger charge is 2.46. The van der Waals surface area contributed by atoms with E-state index in [1.807, 2.05) is 0 Å². The fourth-order valence-electron chi connectivity index (χ4n) is 4.72. The van der Waals surface area contributed by atoms with Crippen LogP contribution in [0.3, 0.4) is 0 Å². The van der Waals surface area contributed by atoms with Crippen molar-refractivity contribution in [3.05, 3.63) is 0 Å². The van der Waals surface area contributed by atoms with Gasteiger partial charge in [0.15, 0.2) is 0 Å². The second-order valence-corrected chi connectivity index (χ2v) is 8.76. The van der Waals surface area contributed by atoms with E-state index in [-0.39, 0.29) is 0 Å². The lowest BCUT2D eigenvalue weighted by molar-refractivity contribution is -0.0256. The first-order chi connectivity index (χ1) is 9.87. The summed E-state index contributed by atoms with van der Waals surface area (Å²) in [6, 6.07) is 0. The Hall–Kier alpha value is 0. The van der Waals surface area contributed by atoms with Gasteiger partial charge >= 0.3 is 0 Å². The topological polar surface area (TPSA) is 0 Å². The summed E-state index contributed by atoms with van der Waals surface area (Å²) in [5.74, 6) is 1.84. The molecule has 0 heteroatoms. The van der Waals surface area contributed by atoms with Crippen molar-refractivity contribution < 1.29 is 0 Å². The highest BCUT2D eigenvalue weighted by atomic mass is 14.5. The summed E-state index contributed by atoms with van der Waals surface area (Å²) in [5, 5.41) is 0. The van der Waals surface area contributed by atoms with Crippen molar-refractivity contribution in [2.75, 3.05) is 0 Å². The summed E-state index contributed by atoms with van der Waals surface area (Å²) in [4.78, 5) is 0. The van der Waals surface area contributed by atoms with Crippen molar-refractivity contribution in [2.24, 2.45) is 22.7 Å². The molecule has 0 N–H and O–H groups in total. The standard InChI is InChI=1S/C21H42/c1-7-9-15-18(14-8-2)20(3,4)21(5,6)19-16-12-10-11-13-17-19/h18-19H,7-17H2,1-6H3. The van der Waals surface area contributed by atoms with E-state index in [2.05, 4.69) is 41.5 Å². The molecule has 0 heterocycles. The van der Waals surface area contributed by atoms with Crippen LogP contribution in [0.5, 0.6) is 0 Å². The third-order valence-corrected chi connectivity index (χ3v) is 7.10. The molecule has 0 aromatic carbocycles. The van der Waals surface area contributed by atoms with Gasteiger partial charge in [0, 0.05) is 0 Å². The Labute approximate surface area is 135 Å². The minimum atomic E-state index is 0.465. The van der Waals surface area contributed by atoms with Crippen molar-refractivity contribution >= 4 is 0 Å². The molecule has 0 saturated heterocycles. The van der Waals surface area contributed by atoms with Gasteiger partial charge in [0.1, 0.15) is 0 Å². The van der Waals surface area contributed by atoms with E-state index >= 15 is 0 Å². The van der Waals surface area contributed by atoms with Crippen molar-refractivity contribution in [3.8, 4) is 0 Å². The summed E-state index contributed by atoms with van der Waals surface area (Å²) in [5.41, 5.74) is 0.943. The van der Waals surface area contributed by atoms with Gasteiger partial charge in [0.25, 0.3) is 0 Å². The molecule has 0 radical (unpaired) electrons. The van der Waals surface area contributed by atoms with Gasteiger partial charge in [-0.25, -0.2) is 0 Å². The highest BCUT2D eigenvalue weighted by Crippen LogP contribution is 2.54. The normalized spacial score (nSPS) is 20.3. The van der Waals surface area contributed by atoms with Gasteiger partial charge in [-0.3, -0.25) is 0 Å². The largest absolute Gasteiger partial charge is 0.0654 e. The summed E-state index contributed by atoms with van der Waals surface area (Å²) in [6.45, 7) is 15.1. The lowest BCUT2D eigenvalue weighted by Gasteiger charge is -2.52. The van der Waals surface area contributed by atoms with E-state index in [1.54, 1.807) is 0 Å². The van der Waals surface area contributed by atoms with Crippen LogP contribution in [-0.2, 0) is 0 Å². The molecule has 1 aliphatic carbocycles. The Bertz CT molecular complexity index is 266. The molecule has 0 amide bonds. The van der Waals surface area contributed by atoms with E-state index in [4.69, 9.17) is 0 Å². The monoisotopic (exact) mass is 294 g/mol.